The molecule has 60 heavy (non-hydrogen) atoms. The predicted octanol–water partition coefficient (Wildman–Crippen LogP) is 3.42. The number of hydrogen-bond donors (Lipinski definition) is 6. The summed E-state index contributed by atoms with van der Waals surface area (Å²) in [6.07, 6.45) is 11.9. The minimum Gasteiger partial charge on any atom is -0.453 e. The van der Waals surface area contributed by atoms with Crippen molar-refractivity contribution in [3.8, 4) is 11.4 Å². The van der Waals surface area contributed by atoms with E-state index in [9.17, 15) is 19.2 Å². The second-order valence-electron chi connectivity index (χ2n) is 14.7. The van der Waals surface area contributed by atoms with Crippen molar-refractivity contribution in [2.75, 3.05) is 27.3 Å². The summed E-state index contributed by atoms with van der Waals surface area (Å²) in [5.41, 5.74) is 4.58. The van der Waals surface area contributed by atoms with Crippen LogP contribution in [0.4, 0.5) is 9.59 Å². The molecule has 18 heteroatoms. The van der Waals surface area contributed by atoms with E-state index in [2.05, 4.69) is 51.5 Å². The smallest absolute Gasteiger partial charge is 0.407 e. The van der Waals surface area contributed by atoms with Crippen molar-refractivity contribution < 1.29 is 28.7 Å². The van der Waals surface area contributed by atoms with Crippen molar-refractivity contribution in [2.45, 2.75) is 62.1 Å². The van der Waals surface area contributed by atoms with Crippen molar-refractivity contribution in [3.63, 3.8) is 0 Å². The number of aromatic amines is 1. The van der Waals surface area contributed by atoms with Crippen LogP contribution in [0.1, 0.15) is 66.5 Å². The number of nitrogens with one attached hydrogen (secondary N) is 6. The van der Waals surface area contributed by atoms with E-state index in [1.807, 2.05) is 59.6 Å². The molecule has 2 aromatic heterocycles. The van der Waals surface area contributed by atoms with Crippen LogP contribution in [0.25, 0.3) is 17.1 Å². The summed E-state index contributed by atoms with van der Waals surface area (Å²) in [4.78, 5) is 77.7. The molecule has 8 rings (SSSR count). The number of ether oxygens (including phenoxy) is 2. The van der Waals surface area contributed by atoms with E-state index in [-0.39, 0.29) is 36.1 Å². The molecule has 18 nitrogen and oxygen atoms in total. The Morgan fingerprint density at radius 3 is 1.97 bits per heavy atom. The molecule has 0 bridgehead atoms. The van der Waals surface area contributed by atoms with Gasteiger partial charge < -0.3 is 50.8 Å². The molecule has 0 saturated carbocycles. The number of rotatable bonds is 11. The number of methoxy groups -OCH3 is 2. The number of carbonyl (C=O) groups is 4. The molecular formula is C42H46N12O6. The van der Waals surface area contributed by atoms with Gasteiger partial charge in [0.15, 0.2) is 0 Å². The van der Waals surface area contributed by atoms with E-state index < -0.39 is 24.3 Å². The fourth-order valence-corrected chi connectivity index (χ4v) is 8.06. The molecule has 0 aliphatic carbocycles. The number of imidazole rings is 1. The Labute approximate surface area is 345 Å². The van der Waals surface area contributed by atoms with E-state index >= 15 is 0 Å². The van der Waals surface area contributed by atoms with Gasteiger partial charge in [-0.15, -0.1) is 0 Å². The van der Waals surface area contributed by atoms with Crippen LogP contribution in [0.5, 0.6) is 0 Å². The van der Waals surface area contributed by atoms with Gasteiger partial charge in [-0.2, -0.15) is 0 Å². The number of aromatic nitrogens is 4. The number of aliphatic imine (C=N–C) groups is 1. The Kier molecular flexibility index (Phi) is 11.7. The van der Waals surface area contributed by atoms with E-state index in [0.29, 0.717) is 59.2 Å². The molecule has 310 valence electrons. The quantitative estimate of drug-likeness (QED) is 0.128. The van der Waals surface area contributed by atoms with Gasteiger partial charge in [0.05, 0.1) is 56.3 Å². The number of hydrogen-bond acceptors (Lipinski definition) is 13. The van der Waals surface area contributed by atoms with E-state index in [1.54, 1.807) is 48.0 Å². The van der Waals surface area contributed by atoms with Crippen molar-refractivity contribution in [2.24, 2.45) is 4.99 Å². The van der Waals surface area contributed by atoms with Gasteiger partial charge >= 0.3 is 12.2 Å². The molecule has 4 aromatic rings. The van der Waals surface area contributed by atoms with Gasteiger partial charge in [0.2, 0.25) is 5.91 Å². The summed E-state index contributed by atoms with van der Waals surface area (Å²) in [6.45, 7) is 1.08. The summed E-state index contributed by atoms with van der Waals surface area (Å²) < 4.78 is 9.63. The molecule has 2 aromatic carbocycles. The van der Waals surface area contributed by atoms with Gasteiger partial charge in [0, 0.05) is 31.7 Å². The largest absolute Gasteiger partial charge is 0.453 e. The first-order valence-corrected chi connectivity index (χ1v) is 19.8. The van der Waals surface area contributed by atoms with E-state index in [0.717, 1.165) is 25.0 Å². The highest BCUT2D eigenvalue weighted by molar-refractivity contribution is 5.88. The van der Waals surface area contributed by atoms with Gasteiger partial charge in [-0.05, 0) is 36.8 Å². The molecule has 2 fully saturated rings. The zero-order chi connectivity index (χ0) is 41.6. The van der Waals surface area contributed by atoms with Gasteiger partial charge in [-0.1, -0.05) is 60.7 Å². The lowest BCUT2D eigenvalue weighted by atomic mass is 10.0. The lowest BCUT2D eigenvalue weighted by Gasteiger charge is -2.33. The molecule has 6 heterocycles. The maximum atomic E-state index is 13.9. The topological polar surface area (TPSA) is 220 Å². The van der Waals surface area contributed by atoms with Crippen molar-refractivity contribution in [1.29, 1.82) is 0 Å². The standard InChI is InChI=1S/C42H46N12O6/c1-59-41(57)51-35(25-11-5-3-6-12-25)39(55)53-17-9-15-33(53)37-47-23-31(49-37)29-21-43-27(19-45-29)28-20-46-30(22-44-28)32-24-48-38(50-32)34-16-10-18-54(34)40(56)36(52-42(58)60-2)26-13-7-4-8-14-26/h3-8,11-14,19-24,29,33-37,45,47,49H,9-10,15-18H2,1-2H3,(H,48,50)(H,51,57)(H,52,58)/t29?,33-,34-,35+,36+,37?/m0/s1. The highest BCUT2D eigenvalue weighted by atomic mass is 16.5. The predicted molar refractivity (Wildman–Crippen MR) is 219 cm³/mol. The third-order valence-electron chi connectivity index (χ3n) is 11.1. The van der Waals surface area contributed by atoms with Crippen LogP contribution in [0.2, 0.25) is 0 Å². The lowest BCUT2D eigenvalue weighted by Crippen LogP contribution is -2.54. The van der Waals surface area contributed by atoms with Crippen LogP contribution in [0.15, 0.2) is 102 Å². The molecular weight excluding hydrogens is 769 g/mol. The number of H-pyrrole nitrogens is 1. The fourth-order valence-electron chi connectivity index (χ4n) is 8.06. The lowest BCUT2D eigenvalue weighted by molar-refractivity contribution is -0.135. The van der Waals surface area contributed by atoms with Crippen LogP contribution < -0.4 is 26.6 Å². The number of carbonyl (C=O) groups excluding carboxylic acids is 4. The van der Waals surface area contributed by atoms with Gasteiger partial charge in [-0.25, -0.2) is 14.6 Å². The normalized spacial score (nSPS) is 21.7. The maximum Gasteiger partial charge on any atom is 0.407 e. The van der Waals surface area contributed by atoms with Gasteiger partial charge in [-0.3, -0.25) is 24.5 Å². The highest BCUT2D eigenvalue weighted by Gasteiger charge is 2.41. The number of benzene rings is 2. The third-order valence-corrected chi connectivity index (χ3v) is 11.1. The third kappa shape index (κ3) is 8.34. The fraction of sp³-hybridized carbons (Fsp3) is 0.333. The van der Waals surface area contributed by atoms with Crippen LogP contribution in [0.3, 0.4) is 0 Å². The first-order valence-electron chi connectivity index (χ1n) is 19.8. The monoisotopic (exact) mass is 814 g/mol. The van der Waals surface area contributed by atoms with Crippen LogP contribution in [0, 0.1) is 0 Å². The number of likely N-dealkylation sites (tertiary alicyclic amines) is 2. The first-order chi connectivity index (χ1) is 29.3. The Morgan fingerprint density at radius 1 is 0.733 bits per heavy atom. The minimum atomic E-state index is -0.911. The van der Waals surface area contributed by atoms with Crippen LogP contribution >= 0.6 is 0 Å². The molecule has 0 radical (unpaired) electrons. The van der Waals surface area contributed by atoms with Gasteiger partial charge in [0.1, 0.15) is 47.2 Å². The molecule has 0 spiro atoms. The summed E-state index contributed by atoms with van der Waals surface area (Å²) in [5, 5.41) is 15.7. The Balaban J connectivity index is 0.875. The second-order valence-corrected chi connectivity index (χ2v) is 14.7. The Hall–Kier alpha value is -7.24. The molecule has 6 N–H and O–H groups in total. The highest BCUT2D eigenvalue weighted by Crippen LogP contribution is 2.34. The minimum absolute atomic E-state index is 0.162. The zero-order valence-electron chi connectivity index (χ0n) is 33.1. The molecule has 2 saturated heterocycles. The number of nitrogens with zero attached hydrogens (tertiary/aromatic N) is 6. The van der Waals surface area contributed by atoms with Crippen molar-refractivity contribution in [1.82, 2.24) is 56.3 Å². The summed E-state index contributed by atoms with van der Waals surface area (Å²) in [5.74, 6) is 0.167. The van der Waals surface area contributed by atoms with Crippen molar-refractivity contribution >= 4 is 35.9 Å². The summed E-state index contributed by atoms with van der Waals surface area (Å²) >= 11 is 0. The molecule has 6 atom stereocenters. The van der Waals surface area contributed by atoms with Crippen LogP contribution in [-0.2, 0) is 19.1 Å². The van der Waals surface area contributed by atoms with Gasteiger partial charge in [0.25, 0.3) is 5.91 Å². The average Bonchev–Trinajstić information content (AvgIpc) is 4.15. The maximum absolute atomic E-state index is 13.9. The SMILES string of the molecule is COC(=O)N[C@@H](C(=O)N1CCC[C@H]1c1ncc(-c2cnc(C3=CNC(C4=CNC([C@@H]5CCCN5C(=O)[C@H](NC(=O)OC)c5ccccc5)N4)C=N3)cn2)[nH]1)c1ccccc1. The van der Waals surface area contributed by atoms with Crippen LogP contribution in [-0.4, -0.2) is 106 Å². The second kappa shape index (κ2) is 17.7. The zero-order valence-corrected chi connectivity index (χ0v) is 33.1. The molecule has 4 amide bonds. The Morgan fingerprint density at radius 2 is 1.35 bits per heavy atom. The summed E-state index contributed by atoms with van der Waals surface area (Å²) in [7, 11) is 2.54. The number of alkyl carbamates (subject to hydrolysis) is 2. The van der Waals surface area contributed by atoms with E-state index in [1.165, 1.54) is 14.2 Å². The Bertz CT molecular complexity index is 2280. The molecule has 2 unspecified atom stereocenters. The molecule has 4 aliphatic rings. The summed E-state index contributed by atoms with van der Waals surface area (Å²) in [6, 6.07) is 15.7. The molecule has 4 aliphatic heterocycles. The first kappa shape index (κ1) is 39.6. The van der Waals surface area contributed by atoms with Crippen molar-refractivity contribution in [3.05, 3.63) is 120 Å². The number of amides is 4. The average molecular weight is 815 g/mol. The van der Waals surface area contributed by atoms with E-state index in [4.69, 9.17) is 9.47 Å².